The van der Waals surface area contributed by atoms with Crippen LogP contribution in [0, 0.1) is 0 Å². The molecule has 3 nitrogen and oxygen atoms in total. The van der Waals surface area contributed by atoms with E-state index in [2.05, 4.69) is 0 Å². The molecule has 0 saturated heterocycles. The number of rotatable bonds is 4. The number of ether oxygens (including phenoxy) is 1. The Morgan fingerprint density at radius 1 is 1.47 bits per heavy atom. The monoisotopic (exact) mass is 217 g/mol. The average Bonchev–Trinajstić information content (AvgIpc) is 2.17. The maximum absolute atomic E-state index is 12.9. The maximum Gasteiger partial charge on any atom is 0.264 e. The number of methoxy groups -OCH3 is 1. The van der Waals surface area contributed by atoms with E-state index in [0.29, 0.717) is 5.56 Å². The van der Waals surface area contributed by atoms with Gasteiger partial charge >= 0.3 is 0 Å². The fourth-order valence-electron chi connectivity index (χ4n) is 1.22. The molecule has 3 N–H and O–H groups in total. The van der Waals surface area contributed by atoms with Crippen LogP contribution in [0.5, 0.6) is 11.5 Å². The largest absolute Gasteiger partial charge is 0.504 e. The Bertz CT molecular complexity index is 342. The summed E-state index contributed by atoms with van der Waals surface area (Å²) < 4.78 is 30.6. The van der Waals surface area contributed by atoms with Gasteiger partial charge < -0.3 is 15.6 Å². The Kier molecular flexibility index (Phi) is 3.47. The summed E-state index contributed by atoms with van der Waals surface area (Å²) >= 11 is 0. The predicted octanol–water partition coefficient (Wildman–Crippen LogP) is 1.54. The molecule has 0 unspecified atom stereocenters. The third kappa shape index (κ3) is 3.06. The molecule has 0 atom stereocenters. The molecule has 0 aliphatic carbocycles. The summed E-state index contributed by atoms with van der Waals surface area (Å²) in [6, 6.07) is 4.17. The third-order valence-electron chi connectivity index (χ3n) is 2.00. The lowest BCUT2D eigenvalue weighted by atomic mass is 10.1. The van der Waals surface area contributed by atoms with Gasteiger partial charge in [-0.25, -0.2) is 8.78 Å². The van der Waals surface area contributed by atoms with E-state index in [4.69, 9.17) is 10.5 Å². The first-order chi connectivity index (χ1) is 6.98. The fraction of sp³-hybridized carbons (Fsp3) is 0.400. The van der Waals surface area contributed by atoms with Crippen LogP contribution < -0.4 is 10.5 Å². The van der Waals surface area contributed by atoms with Gasteiger partial charge in [-0.1, -0.05) is 6.07 Å². The summed E-state index contributed by atoms with van der Waals surface area (Å²) in [5, 5.41) is 9.36. The van der Waals surface area contributed by atoms with Crippen LogP contribution >= 0.6 is 0 Å². The van der Waals surface area contributed by atoms with E-state index >= 15 is 0 Å². The molecular formula is C10H13F2NO2. The minimum absolute atomic E-state index is 0.150. The molecule has 0 aromatic heterocycles. The van der Waals surface area contributed by atoms with Crippen LogP contribution in [0.1, 0.15) is 5.56 Å². The first-order valence-corrected chi connectivity index (χ1v) is 4.42. The van der Waals surface area contributed by atoms with E-state index in [1.807, 2.05) is 0 Å². The van der Waals surface area contributed by atoms with E-state index < -0.39 is 18.9 Å². The Labute approximate surface area is 86.5 Å². The lowest BCUT2D eigenvalue weighted by Gasteiger charge is -2.14. The van der Waals surface area contributed by atoms with E-state index in [9.17, 15) is 13.9 Å². The highest BCUT2D eigenvalue weighted by molar-refractivity contribution is 5.41. The van der Waals surface area contributed by atoms with Crippen LogP contribution in [-0.2, 0) is 6.42 Å². The third-order valence-corrected chi connectivity index (χ3v) is 2.00. The molecular weight excluding hydrogens is 204 g/mol. The molecule has 1 rings (SSSR count). The first-order valence-electron chi connectivity index (χ1n) is 4.42. The van der Waals surface area contributed by atoms with E-state index in [1.165, 1.54) is 25.3 Å². The molecule has 0 amide bonds. The van der Waals surface area contributed by atoms with Gasteiger partial charge in [-0.2, -0.15) is 0 Å². The van der Waals surface area contributed by atoms with E-state index in [0.717, 1.165) is 0 Å². The van der Waals surface area contributed by atoms with Crippen LogP contribution in [0.3, 0.4) is 0 Å². The summed E-state index contributed by atoms with van der Waals surface area (Å²) in [6.45, 7) is -0.709. The summed E-state index contributed by atoms with van der Waals surface area (Å²) in [7, 11) is 1.39. The molecule has 0 fully saturated rings. The van der Waals surface area contributed by atoms with Crippen molar-refractivity contribution >= 4 is 0 Å². The lowest BCUT2D eigenvalue weighted by molar-refractivity contribution is 0.0114. The van der Waals surface area contributed by atoms with E-state index in [-0.39, 0.29) is 11.5 Å². The first kappa shape index (κ1) is 11.7. The maximum atomic E-state index is 12.9. The Hall–Kier alpha value is -1.36. The van der Waals surface area contributed by atoms with Crippen LogP contribution in [0.15, 0.2) is 18.2 Å². The van der Waals surface area contributed by atoms with E-state index in [1.54, 1.807) is 0 Å². The quantitative estimate of drug-likeness (QED) is 0.804. The van der Waals surface area contributed by atoms with Gasteiger partial charge in [-0.15, -0.1) is 0 Å². The number of hydrogen-bond donors (Lipinski definition) is 2. The second-order valence-corrected chi connectivity index (χ2v) is 3.24. The van der Waals surface area contributed by atoms with Crippen molar-refractivity contribution < 1.29 is 18.6 Å². The zero-order valence-electron chi connectivity index (χ0n) is 8.34. The van der Waals surface area contributed by atoms with Crippen LogP contribution in [-0.4, -0.2) is 24.7 Å². The second-order valence-electron chi connectivity index (χ2n) is 3.24. The van der Waals surface area contributed by atoms with Crippen LogP contribution in [0.4, 0.5) is 8.78 Å². The topological polar surface area (TPSA) is 55.5 Å². The number of aromatic hydroxyl groups is 1. The number of alkyl halides is 2. The van der Waals surface area contributed by atoms with Gasteiger partial charge in [-0.3, -0.25) is 0 Å². The minimum Gasteiger partial charge on any atom is -0.504 e. The molecule has 1 aromatic carbocycles. The summed E-state index contributed by atoms with van der Waals surface area (Å²) in [6.07, 6.45) is -0.485. The highest BCUT2D eigenvalue weighted by atomic mass is 19.3. The highest BCUT2D eigenvalue weighted by Gasteiger charge is 2.27. The van der Waals surface area contributed by atoms with Crippen molar-refractivity contribution in [2.24, 2.45) is 5.73 Å². The standard InChI is InChI=1S/C10H13F2NO2/c1-15-9-3-2-7(4-8(9)14)5-10(11,12)6-13/h2-4,14H,5-6,13H2,1H3. The summed E-state index contributed by atoms with van der Waals surface area (Å²) in [5.41, 5.74) is 5.23. The van der Waals surface area contributed by atoms with Gasteiger partial charge in [0.25, 0.3) is 5.92 Å². The summed E-state index contributed by atoms with van der Waals surface area (Å²) in [4.78, 5) is 0. The van der Waals surface area contributed by atoms with Crippen molar-refractivity contribution in [2.75, 3.05) is 13.7 Å². The number of phenolic OH excluding ortho intramolecular Hbond substituents is 1. The highest BCUT2D eigenvalue weighted by Crippen LogP contribution is 2.28. The molecule has 0 heterocycles. The van der Waals surface area contributed by atoms with Gasteiger partial charge in [-0.05, 0) is 17.7 Å². The van der Waals surface area contributed by atoms with Gasteiger partial charge in [0, 0.05) is 6.42 Å². The molecule has 0 spiro atoms. The van der Waals surface area contributed by atoms with Crippen molar-refractivity contribution in [1.82, 2.24) is 0 Å². The molecule has 0 aliphatic heterocycles. The Balaban J connectivity index is 2.84. The lowest BCUT2D eigenvalue weighted by Crippen LogP contribution is -2.30. The van der Waals surface area contributed by atoms with Gasteiger partial charge in [0.1, 0.15) is 0 Å². The molecule has 15 heavy (non-hydrogen) atoms. The second kappa shape index (κ2) is 4.44. The van der Waals surface area contributed by atoms with Gasteiger partial charge in [0.05, 0.1) is 13.7 Å². The van der Waals surface area contributed by atoms with Gasteiger partial charge in [0.15, 0.2) is 11.5 Å². The number of hydrogen-bond acceptors (Lipinski definition) is 3. The smallest absolute Gasteiger partial charge is 0.264 e. The molecule has 84 valence electrons. The van der Waals surface area contributed by atoms with Gasteiger partial charge in [0.2, 0.25) is 0 Å². The van der Waals surface area contributed by atoms with Crippen LogP contribution in [0.25, 0.3) is 0 Å². The minimum atomic E-state index is -2.94. The Morgan fingerprint density at radius 2 is 2.13 bits per heavy atom. The number of nitrogens with two attached hydrogens (primary N) is 1. The number of halogens is 2. The molecule has 0 aliphatic rings. The van der Waals surface area contributed by atoms with Crippen molar-refractivity contribution in [1.29, 1.82) is 0 Å². The molecule has 0 bridgehead atoms. The fourth-order valence-corrected chi connectivity index (χ4v) is 1.22. The van der Waals surface area contributed by atoms with Crippen LogP contribution in [0.2, 0.25) is 0 Å². The predicted molar refractivity (Wildman–Crippen MR) is 52.4 cm³/mol. The van der Waals surface area contributed by atoms with Crippen molar-refractivity contribution in [2.45, 2.75) is 12.3 Å². The molecule has 0 radical (unpaired) electrons. The van der Waals surface area contributed by atoms with Crippen molar-refractivity contribution in [3.05, 3.63) is 23.8 Å². The van der Waals surface area contributed by atoms with Crippen molar-refractivity contribution in [3.8, 4) is 11.5 Å². The van der Waals surface area contributed by atoms with Crippen molar-refractivity contribution in [3.63, 3.8) is 0 Å². The number of phenols is 1. The average molecular weight is 217 g/mol. The molecule has 1 aromatic rings. The summed E-state index contributed by atoms with van der Waals surface area (Å²) in [5.74, 6) is -2.83. The molecule has 5 heteroatoms. The SMILES string of the molecule is COc1ccc(CC(F)(F)CN)cc1O. The zero-order valence-corrected chi connectivity index (χ0v) is 8.34. The molecule has 0 saturated carbocycles. The zero-order chi connectivity index (χ0) is 11.5. The Morgan fingerprint density at radius 3 is 2.60 bits per heavy atom. The number of benzene rings is 1. The normalized spacial score (nSPS) is 11.5.